The normalized spacial score (nSPS) is 11.1. The van der Waals surface area contributed by atoms with Crippen LogP contribution in [0.3, 0.4) is 0 Å². The number of nitrogens with one attached hydrogen (secondary N) is 1. The minimum Gasteiger partial charge on any atom is -0.502 e. The van der Waals surface area contributed by atoms with Gasteiger partial charge in [0.2, 0.25) is 21.5 Å². The van der Waals surface area contributed by atoms with Crippen LogP contribution in [0, 0.1) is 0 Å². The minimum atomic E-state index is -3.68. The fourth-order valence-corrected chi connectivity index (χ4v) is 2.05. The van der Waals surface area contributed by atoms with Gasteiger partial charge in [-0.3, -0.25) is 14.5 Å². The van der Waals surface area contributed by atoms with E-state index >= 15 is 0 Å². The Morgan fingerprint density at radius 2 is 2.19 bits per heavy atom. The number of sulfonamides is 1. The molecule has 112 valence electrons. The molecule has 0 spiro atoms. The molecule has 2 aromatic heterocycles. The van der Waals surface area contributed by atoms with E-state index in [2.05, 4.69) is 4.98 Å². The Morgan fingerprint density at radius 3 is 2.71 bits per heavy atom. The number of furan rings is 1. The van der Waals surface area contributed by atoms with E-state index in [1.54, 1.807) is 12.1 Å². The van der Waals surface area contributed by atoms with Gasteiger partial charge in [-0.1, -0.05) is 0 Å². The summed E-state index contributed by atoms with van der Waals surface area (Å²) in [6, 6.07) is 3.19. The summed E-state index contributed by atoms with van der Waals surface area (Å²) in [6.07, 6.45) is 3.82. The van der Waals surface area contributed by atoms with Gasteiger partial charge in [0.15, 0.2) is 5.76 Å². The first-order valence-electron chi connectivity index (χ1n) is 5.70. The van der Waals surface area contributed by atoms with Crippen LogP contribution in [0.4, 0.5) is 5.88 Å². The number of carbonyl (C=O) groups excluding carboxylic acids is 1. The van der Waals surface area contributed by atoms with Crippen LogP contribution >= 0.6 is 0 Å². The Morgan fingerprint density at radius 1 is 1.48 bits per heavy atom. The number of nitrogens with zero attached hydrogens (tertiary/aromatic N) is 1. The van der Waals surface area contributed by atoms with Crippen molar-refractivity contribution >= 4 is 21.9 Å². The number of carbonyl (C=O) groups is 1. The quantitative estimate of drug-likeness (QED) is 0.818. The first-order valence-corrected chi connectivity index (χ1v) is 7.59. The Kier molecular flexibility index (Phi) is 3.85. The summed E-state index contributed by atoms with van der Waals surface area (Å²) in [7, 11) is -3.68. The van der Waals surface area contributed by atoms with Gasteiger partial charge >= 0.3 is 5.97 Å². The number of rotatable bonds is 4. The summed E-state index contributed by atoms with van der Waals surface area (Å²) in [5, 5.41) is 10.1. The zero-order valence-corrected chi connectivity index (χ0v) is 12.0. The second kappa shape index (κ2) is 5.44. The molecule has 9 heteroatoms. The highest BCUT2D eigenvalue weighted by molar-refractivity contribution is 7.92. The standard InChI is InChI=1S/C12H12N2O6S/c1-7(15)19-11-9(16)10(8-4-3-5-13-6-8)20-12(11)14-21(2,17)18/h3-6,14,16H,1-2H3. The van der Waals surface area contributed by atoms with E-state index in [-0.39, 0.29) is 11.6 Å². The van der Waals surface area contributed by atoms with Gasteiger partial charge < -0.3 is 14.3 Å². The van der Waals surface area contributed by atoms with Crippen molar-refractivity contribution < 1.29 is 27.5 Å². The smallest absolute Gasteiger partial charge is 0.308 e. The van der Waals surface area contributed by atoms with Gasteiger partial charge in [-0.25, -0.2) is 8.42 Å². The van der Waals surface area contributed by atoms with E-state index in [0.29, 0.717) is 5.56 Å². The molecule has 8 nitrogen and oxygen atoms in total. The first kappa shape index (κ1) is 14.9. The summed E-state index contributed by atoms with van der Waals surface area (Å²) < 4.78 is 34.7. The number of hydrogen-bond donors (Lipinski definition) is 2. The lowest BCUT2D eigenvalue weighted by atomic mass is 10.2. The molecule has 21 heavy (non-hydrogen) atoms. The van der Waals surface area contributed by atoms with Gasteiger partial charge in [0, 0.05) is 24.9 Å². The molecule has 0 saturated carbocycles. The Balaban J connectivity index is 2.56. The van der Waals surface area contributed by atoms with Crippen molar-refractivity contribution in [3.05, 3.63) is 24.5 Å². The number of pyridine rings is 1. The van der Waals surface area contributed by atoms with E-state index in [1.165, 1.54) is 12.4 Å². The molecule has 0 amide bonds. The van der Waals surface area contributed by atoms with Crippen LogP contribution in [-0.2, 0) is 14.8 Å². The largest absolute Gasteiger partial charge is 0.502 e. The van der Waals surface area contributed by atoms with Crippen LogP contribution in [0.15, 0.2) is 28.9 Å². The molecular weight excluding hydrogens is 300 g/mol. The lowest BCUT2D eigenvalue weighted by Crippen LogP contribution is -2.11. The highest BCUT2D eigenvalue weighted by atomic mass is 32.2. The Hall–Kier alpha value is -2.55. The molecule has 0 atom stereocenters. The molecule has 0 fully saturated rings. The fraction of sp³-hybridized carbons (Fsp3) is 0.167. The SMILES string of the molecule is CC(=O)Oc1c(NS(C)(=O)=O)oc(-c2cccnc2)c1O. The maximum absolute atomic E-state index is 11.3. The molecule has 0 aromatic carbocycles. The number of esters is 1. The molecule has 0 unspecified atom stereocenters. The number of hydrogen-bond acceptors (Lipinski definition) is 7. The average molecular weight is 312 g/mol. The fourth-order valence-electron chi connectivity index (χ4n) is 1.57. The van der Waals surface area contributed by atoms with Crippen LogP contribution in [0.25, 0.3) is 11.3 Å². The molecule has 0 saturated heterocycles. The van der Waals surface area contributed by atoms with Crippen molar-refractivity contribution in [3.8, 4) is 22.8 Å². The maximum atomic E-state index is 11.3. The third-order valence-electron chi connectivity index (χ3n) is 2.29. The third kappa shape index (κ3) is 3.51. The van der Waals surface area contributed by atoms with Crippen molar-refractivity contribution in [1.82, 2.24) is 4.98 Å². The summed E-state index contributed by atoms with van der Waals surface area (Å²) >= 11 is 0. The number of anilines is 1. The van der Waals surface area contributed by atoms with Gasteiger partial charge in [-0.05, 0) is 12.1 Å². The molecule has 0 aliphatic heterocycles. The van der Waals surface area contributed by atoms with E-state index in [9.17, 15) is 18.3 Å². The predicted octanol–water partition coefficient (Wildman–Crippen LogP) is 1.34. The van der Waals surface area contributed by atoms with E-state index < -0.39 is 27.5 Å². The highest BCUT2D eigenvalue weighted by Crippen LogP contribution is 2.46. The number of aromatic nitrogens is 1. The maximum Gasteiger partial charge on any atom is 0.308 e. The van der Waals surface area contributed by atoms with Crippen molar-refractivity contribution in [2.24, 2.45) is 0 Å². The molecule has 2 rings (SSSR count). The van der Waals surface area contributed by atoms with Gasteiger partial charge in [-0.15, -0.1) is 0 Å². The molecule has 2 heterocycles. The zero-order valence-electron chi connectivity index (χ0n) is 11.2. The van der Waals surface area contributed by atoms with Gasteiger partial charge in [0.05, 0.1) is 6.26 Å². The van der Waals surface area contributed by atoms with Gasteiger partial charge in [-0.2, -0.15) is 0 Å². The van der Waals surface area contributed by atoms with E-state index in [4.69, 9.17) is 9.15 Å². The summed E-state index contributed by atoms with van der Waals surface area (Å²) in [5.41, 5.74) is 0.393. The molecule has 0 bridgehead atoms. The monoisotopic (exact) mass is 312 g/mol. The van der Waals surface area contributed by atoms with Crippen LogP contribution in [0.5, 0.6) is 11.5 Å². The summed E-state index contributed by atoms with van der Waals surface area (Å²) in [6.45, 7) is 1.11. The second-order valence-corrected chi connectivity index (χ2v) is 5.90. The molecule has 2 aromatic rings. The van der Waals surface area contributed by atoms with Crippen molar-refractivity contribution in [2.45, 2.75) is 6.92 Å². The average Bonchev–Trinajstić information content (AvgIpc) is 2.66. The minimum absolute atomic E-state index is 0.0644. The van der Waals surface area contributed by atoms with Gasteiger partial charge in [0.1, 0.15) is 0 Å². The lowest BCUT2D eigenvalue weighted by molar-refractivity contribution is -0.131. The molecule has 0 aliphatic rings. The Bertz CT molecular complexity index is 767. The van der Waals surface area contributed by atoms with Crippen molar-refractivity contribution in [2.75, 3.05) is 11.0 Å². The molecular formula is C12H12N2O6S. The van der Waals surface area contributed by atoms with E-state index in [1.807, 2.05) is 4.72 Å². The topological polar surface area (TPSA) is 119 Å². The van der Waals surface area contributed by atoms with Crippen LogP contribution in [0.1, 0.15) is 6.92 Å². The summed E-state index contributed by atoms with van der Waals surface area (Å²) in [5.74, 6) is -2.08. The second-order valence-electron chi connectivity index (χ2n) is 4.15. The predicted molar refractivity (Wildman–Crippen MR) is 73.4 cm³/mol. The third-order valence-corrected chi connectivity index (χ3v) is 2.84. The molecule has 0 aliphatic carbocycles. The highest BCUT2D eigenvalue weighted by Gasteiger charge is 2.26. The van der Waals surface area contributed by atoms with Crippen molar-refractivity contribution in [1.29, 1.82) is 0 Å². The number of ether oxygens (including phenoxy) is 1. The van der Waals surface area contributed by atoms with Crippen LogP contribution in [0.2, 0.25) is 0 Å². The Labute approximate surface area is 120 Å². The van der Waals surface area contributed by atoms with Gasteiger partial charge in [0.25, 0.3) is 5.88 Å². The number of aromatic hydroxyl groups is 1. The first-order chi connectivity index (χ1) is 9.78. The van der Waals surface area contributed by atoms with Crippen LogP contribution in [-0.4, -0.2) is 30.7 Å². The van der Waals surface area contributed by atoms with Crippen molar-refractivity contribution in [3.63, 3.8) is 0 Å². The summed E-state index contributed by atoms with van der Waals surface area (Å²) in [4.78, 5) is 14.9. The molecule has 0 radical (unpaired) electrons. The molecule has 2 N–H and O–H groups in total. The zero-order chi connectivity index (χ0) is 15.6. The van der Waals surface area contributed by atoms with Crippen LogP contribution < -0.4 is 9.46 Å². The lowest BCUT2D eigenvalue weighted by Gasteiger charge is -2.02. The van der Waals surface area contributed by atoms with E-state index in [0.717, 1.165) is 13.2 Å².